The second-order valence-electron chi connectivity index (χ2n) is 5.68. The van der Waals surface area contributed by atoms with E-state index in [9.17, 15) is 27.2 Å². The van der Waals surface area contributed by atoms with Gasteiger partial charge in [-0.05, 0) is 42.0 Å². The Morgan fingerprint density at radius 2 is 1.78 bits per heavy atom. The molecule has 0 aliphatic rings. The summed E-state index contributed by atoms with van der Waals surface area (Å²) in [6, 6.07) is 10.2. The summed E-state index contributed by atoms with van der Waals surface area (Å²) in [7, 11) is 1.42. The third kappa shape index (κ3) is 6.96. The summed E-state index contributed by atoms with van der Waals surface area (Å²) in [5.74, 6) is -1.79. The highest BCUT2D eigenvalue weighted by Gasteiger charge is 2.30. The molecule has 0 fully saturated rings. The number of alkyl halides is 3. The van der Waals surface area contributed by atoms with Crippen molar-refractivity contribution in [3.8, 4) is 5.75 Å². The molecule has 0 bridgehead atoms. The van der Waals surface area contributed by atoms with Crippen LogP contribution in [0.4, 0.5) is 23.2 Å². The number of nitrogens with one attached hydrogen (secondary N) is 1. The van der Waals surface area contributed by atoms with E-state index in [4.69, 9.17) is 0 Å². The first kappa shape index (κ1) is 20.2. The van der Waals surface area contributed by atoms with Crippen LogP contribution in [0.25, 0.3) is 0 Å². The van der Waals surface area contributed by atoms with Crippen molar-refractivity contribution in [3.05, 3.63) is 59.9 Å². The van der Waals surface area contributed by atoms with Crippen LogP contribution in [0.3, 0.4) is 0 Å². The molecule has 0 spiro atoms. The molecule has 1 N–H and O–H groups in total. The lowest BCUT2D eigenvalue weighted by molar-refractivity contribution is -0.274. The highest BCUT2D eigenvalue weighted by atomic mass is 19.4. The average molecular weight is 384 g/mol. The maximum atomic E-state index is 13.1. The van der Waals surface area contributed by atoms with Crippen molar-refractivity contribution in [2.75, 3.05) is 18.9 Å². The summed E-state index contributed by atoms with van der Waals surface area (Å²) in [6.45, 7) is -0.269. The van der Waals surface area contributed by atoms with Crippen LogP contribution in [0.2, 0.25) is 0 Å². The zero-order valence-electron chi connectivity index (χ0n) is 14.2. The number of anilines is 1. The van der Waals surface area contributed by atoms with Gasteiger partial charge >= 0.3 is 6.36 Å². The van der Waals surface area contributed by atoms with Gasteiger partial charge in [-0.15, -0.1) is 13.2 Å². The van der Waals surface area contributed by atoms with Gasteiger partial charge in [0.1, 0.15) is 11.6 Å². The summed E-state index contributed by atoms with van der Waals surface area (Å²) in [5.41, 5.74) is 0.730. The Morgan fingerprint density at radius 3 is 2.37 bits per heavy atom. The highest BCUT2D eigenvalue weighted by molar-refractivity contribution is 5.94. The van der Waals surface area contributed by atoms with Crippen LogP contribution in [0.15, 0.2) is 48.5 Å². The summed E-state index contributed by atoms with van der Waals surface area (Å²) in [4.78, 5) is 25.2. The number of likely N-dealkylation sites (N-methyl/N-ethyl adjacent to an activating group) is 1. The third-order valence-corrected chi connectivity index (χ3v) is 3.42. The van der Waals surface area contributed by atoms with Crippen LogP contribution in [0, 0.1) is 5.82 Å². The van der Waals surface area contributed by atoms with Crippen molar-refractivity contribution < 1.29 is 31.9 Å². The van der Waals surface area contributed by atoms with Crippen LogP contribution in [-0.2, 0) is 16.0 Å². The lowest BCUT2D eigenvalue weighted by Crippen LogP contribution is -2.35. The van der Waals surface area contributed by atoms with Crippen molar-refractivity contribution in [1.82, 2.24) is 4.90 Å². The van der Waals surface area contributed by atoms with Gasteiger partial charge in [0.05, 0.1) is 13.0 Å². The Morgan fingerprint density at radius 1 is 1.11 bits per heavy atom. The fourth-order valence-corrected chi connectivity index (χ4v) is 2.20. The van der Waals surface area contributed by atoms with E-state index in [2.05, 4.69) is 10.1 Å². The Kier molecular flexibility index (Phi) is 6.38. The normalized spacial score (nSPS) is 11.0. The predicted molar refractivity (Wildman–Crippen MR) is 89.5 cm³/mol. The largest absolute Gasteiger partial charge is 0.573 e. The number of hydrogen-bond acceptors (Lipinski definition) is 3. The van der Waals surface area contributed by atoms with Crippen molar-refractivity contribution in [2.24, 2.45) is 0 Å². The zero-order chi connectivity index (χ0) is 20.0. The predicted octanol–water partition coefficient (Wildman–Crippen LogP) is 3.36. The lowest BCUT2D eigenvalue weighted by atomic mass is 10.1. The van der Waals surface area contributed by atoms with Gasteiger partial charge < -0.3 is 15.0 Å². The standard InChI is InChI=1S/C18H16F4N2O3/c1-24(17(26)10-12-3-2-4-13(19)9-12)11-16(25)23-14-5-7-15(8-6-14)27-18(20,21)22/h2-9H,10-11H2,1H3,(H,23,25). The lowest BCUT2D eigenvalue weighted by Gasteiger charge is -2.17. The molecule has 2 amide bonds. The first-order valence-electron chi connectivity index (χ1n) is 7.76. The Hall–Kier alpha value is -3.10. The monoisotopic (exact) mass is 384 g/mol. The van der Waals surface area contributed by atoms with E-state index in [0.717, 1.165) is 12.1 Å². The van der Waals surface area contributed by atoms with E-state index in [1.807, 2.05) is 0 Å². The van der Waals surface area contributed by atoms with Crippen LogP contribution in [-0.4, -0.2) is 36.7 Å². The molecule has 2 aromatic rings. The summed E-state index contributed by atoms with van der Waals surface area (Å²) in [5, 5.41) is 2.46. The van der Waals surface area contributed by atoms with Gasteiger partial charge in [0, 0.05) is 12.7 Å². The number of ether oxygens (including phenoxy) is 1. The smallest absolute Gasteiger partial charge is 0.406 e. The molecule has 27 heavy (non-hydrogen) atoms. The SMILES string of the molecule is CN(CC(=O)Nc1ccc(OC(F)(F)F)cc1)C(=O)Cc1cccc(F)c1. The number of amides is 2. The molecule has 0 saturated carbocycles. The molecule has 2 aromatic carbocycles. The van der Waals surface area contributed by atoms with Gasteiger partial charge in [-0.1, -0.05) is 12.1 Å². The third-order valence-electron chi connectivity index (χ3n) is 3.42. The first-order valence-corrected chi connectivity index (χ1v) is 7.76. The van der Waals surface area contributed by atoms with E-state index in [1.165, 1.54) is 42.3 Å². The van der Waals surface area contributed by atoms with Crippen LogP contribution >= 0.6 is 0 Å². The summed E-state index contributed by atoms with van der Waals surface area (Å²) >= 11 is 0. The number of hydrogen-bond donors (Lipinski definition) is 1. The second kappa shape index (κ2) is 8.52. The van der Waals surface area contributed by atoms with Crippen LogP contribution in [0.1, 0.15) is 5.56 Å². The number of halogens is 4. The quantitative estimate of drug-likeness (QED) is 0.777. The Balaban J connectivity index is 1.86. The van der Waals surface area contributed by atoms with Crippen LogP contribution in [0.5, 0.6) is 5.75 Å². The van der Waals surface area contributed by atoms with E-state index in [-0.39, 0.29) is 24.6 Å². The molecule has 0 aliphatic carbocycles. The minimum absolute atomic E-state index is 0.0645. The molecular weight excluding hydrogens is 368 g/mol. The number of nitrogens with zero attached hydrogens (tertiary/aromatic N) is 1. The van der Waals surface area contributed by atoms with Gasteiger partial charge in [-0.25, -0.2) is 4.39 Å². The van der Waals surface area contributed by atoms with Gasteiger partial charge in [0.2, 0.25) is 11.8 Å². The molecule has 2 rings (SSSR count). The fraction of sp³-hybridized carbons (Fsp3) is 0.222. The maximum absolute atomic E-state index is 13.1. The van der Waals surface area contributed by atoms with Crippen molar-refractivity contribution in [1.29, 1.82) is 0 Å². The molecule has 144 valence electrons. The minimum Gasteiger partial charge on any atom is -0.406 e. The van der Waals surface area contributed by atoms with E-state index in [0.29, 0.717) is 5.56 Å². The first-order chi connectivity index (χ1) is 12.6. The summed E-state index contributed by atoms with van der Waals surface area (Å²) in [6.07, 6.45) is -4.86. The van der Waals surface area contributed by atoms with Crippen molar-refractivity contribution in [3.63, 3.8) is 0 Å². The molecule has 0 aliphatic heterocycles. The molecule has 5 nitrogen and oxygen atoms in total. The molecule has 9 heteroatoms. The maximum Gasteiger partial charge on any atom is 0.573 e. The number of carbonyl (C=O) groups is 2. The molecular formula is C18H16F4N2O3. The van der Waals surface area contributed by atoms with E-state index < -0.39 is 23.8 Å². The average Bonchev–Trinajstić information content (AvgIpc) is 2.55. The van der Waals surface area contributed by atoms with Crippen molar-refractivity contribution in [2.45, 2.75) is 12.8 Å². The van der Waals surface area contributed by atoms with E-state index >= 15 is 0 Å². The van der Waals surface area contributed by atoms with Gasteiger partial charge in [-0.2, -0.15) is 0 Å². The Labute approximate surface area is 152 Å². The number of rotatable bonds is 6. The molecule has 0 atom stereocenters. The molecule has 0 aromatic heterocycles. The number of benzene rings is 2. The van der Waals surface area contributed by atoms with Crippen LogP contribution < -0.4 is 10.1 Å². The topological polar surface area (TPSA) is 58.6 Å². The van der Waals surface area contributed by atoms with Gasteiger partial charge in [0.15, 0.2) is 0 Å². The minimum atomic E-state index is -4.80. The second-order valence-corrected chi connectivity index (χ2v) is 5.68. The molecule has 0 radical (unpaired) electrons. The Bertz CT molecular complexity index is 807. The fourth-order valence-electron chi connectivity index (χ4n) is 2.20. The zero-order valence-corrected chi connectivity index (χ0v) is 14.2. The molecule has 0 saturated heterocycles. The molecule has 0 heterocycles. The summed E-state index contributed by atoms with van der Waals surface area (Å²) < 4.78 is 53.2. The van der Waals surface area contributed by atoms with Crippen molar-refractivity contribution >= 4 is 17.5 Å². The molecule has 0 unspecified atom stereocenters. The number of carbonyl (C=O) groups excluding carboxylic acids is 2. The highest BCUT2D eigenvalue weighted by Crippen LogP contribution is 2.23. The van der Waals surface area contributed by atoms with E-state index in [1.54, 1.807) is 6.07 Å². The van der Waals surface area contributed by atoms with Gasteiger partial charge in [0.25, 0.3) is 0 Å². The van der Waals surface area contributed by atoms with Gasteiger partial charge in [-0.3, -0.25) is 9.59 Å².